The third kappa shape index (κ3) is 3.74. The minimum atomic E-state index is 0.319. The highest BCUT2D eigenvalue weighted by Gasteiger charge is 2.15. The lowest BCUT2D eigenvalue weighted by atomic mass is 10.1. The van der Waals surface area contributed by atoms with Crippen LogP contribution in [0.15, 0.2) is 35.4 Å². The highest BCUT2D eigenvalue weighted by Crippen LogP contribution is 2.24. The van der Waals surface area contributed by atoms with E-state index in [1.807, 2.05) is 30.5 Å². The molecule has 1 saturated heterocycles. The number of nitrogens with zero attached hydrogens (tertiary/aromatic N) is 4. The number of nitriles is 1. The van der Waals surface area contributed by atoms with Crippen LogP contribution in [0.25, 0.3) is 0 Å². The van der Waals surface area contributed by atoms with E-state index < -0.39 is 0 Å². The van der Waals surface area contributed by atoms with Gasteiger partial charge in [0.05, 0.1) is 6.20 Å². The smallest absolute Gasteiger partial charge is 0.183 e. The van der Waals surface area contributed by atoms with Gasteiger partial charge in [-0.15, -0.1) is 11.8 Å². The Balaban J connectivity index is 1.85. The Bertz CT molecular complexity index is 702. The second kappa shape index (κ2) is 7.34. The Morgan fingerprint density at radius 2 is 1.91 bits per heavy atom. The highest BCUT2D eigenvalue weighted by atomic mass is 32.2. The molecule has 23 heavy (non-hydrogen) atoms. The van der Waals surface area contributed by atoms with Crippen LogP contribution < -0.4 is 10.2 Å². The summed E-state index contributed by atoms with van der Waals surface area (Å²) in [4.78, 5) is 12.3. The maximum atomic E-state index is 9.27. The molecule has 2 heterocycles. The second-order valence-corrected chi connectivity index (χ2v) is 6.32. The Morgan fingerprint density at radius 3 is 2.57 bits per heavy atom. The van der Waals surface area contributed by atoms with Crippen LogP contribution in [0.4, 0.5) is 17.3 Å². The number of hydrogen-bond acceptors (Lipinski definition) is 6. The maximum Gasteiger partial charge on any atom is 0.183 e. The summed E-state index contributed by atoms with van der Waals surface area (Å²) < 4.78 is 0. The zero-order chi connectivity index (χ0) is 16.1. The van der Waals surface area contributed by atoms with E-state index in [0.29, 0.717) is 11.5 Å². The van der Waals surface area contributed by atoms with Crippen LogP contribution in [0.3, 0.4) is 0 Å². The first-order valence-electron chi connectivity index (χ1n) is 7.73. The fourth-order valence-electron chi connectivity index (χ4n) is 2.64. The first kappa shape index (κ1) is 15.6. The monoisotopic (exact) mass is 325 g/mol. The summed E-state index contributed by atoms with van der Waals surface area (Å²) in [6, 6.07) is 10.2. The SMILES string of the molecule is CSc1ccc(Nc2nc(N3CCCCC3)cnc2C#N)cc1. The predicted octanol–water partition coefficient (Wildman–Crippen LogP) is 3.80. The molecule has 0 spiro atoms. The molecule has 0 amide bonds. The van der Waals surface area contributed by atoms with Crippen molar-refractivity contribution in [1.82, 2.24) is 9.97 Å². The molecule has 2 aromatic rings. The topological polar surface area (TPSA) is 64.8 Å². The van der Waals surface area contributed by atoms with Gasteiger partial charge in [0.15, 0.2) is 11.5 Å². The third-order valence-corrected chi connectivity index (χ3v) is 4.64. The second-order valence-electron chi connectivity index (χ2n) is 5.44. The van der Waals surface area contributed by atoms with Gasteiger partial charge in [0, 0.05) is 23.7 Å². The summed E-state index contributed by atoms with van der Waals surface area (Å²) in [5, 5.41) is 12.5. The lowest BCUT2D eigenvalue weighted by Gasteiger charge is -2.27. The van der Waals surface area contributed by atoms with Gasteiger partial charge >= 0.3 is 0 Å². The minimum absolute atomic E-state index is 0.319. The first-order valence-corrected chi connectivity index (χ1v) is 8.96. The molecule has 5 nitrogen and oxygen atoms in total. The van der Waals surface area contributed by atoms with Gasteiger partial charge in [-0.05, 0) is 49.8 Å². The van der Waals surface area contributed by atoms with Crippen LogP contribution >= 0.6 is 11.8 Å². The van der Waals surface area contributed by atoms with Crippen LogP contribution in [0, 0.1) is 11.3 Å². The predicted molar refractivity (Wildman–Crippen MR) is 94.3 cm³/mol. The van der Waals surface area contributed by atoms with Crippen molar-refractivity contribution < 1.29 is 0 Å². The van der Waals surface area contributed by atoms with Gasteiger partial charge in [-0.25, -0.2) is 9.97 Å². The van der Waals surface area contributed by atoms with Gasteiger partial charge in [0.1, 0.15) is 11.9 Å². The van der Waals surface area contributed by atoms with Crippen molar-refractivity contribution in [3.8, 4) is 6.07 Å². The lowest BCUT2D eigenvalue weighted by molar-refractivity contribution is 0.573. The van der Waals surface area contributed by atoms with Crippen LogP contribution in [-0.2, 0) is 0 Å². The van der Waals surface area contributed by atoms with Crippen LogP contribution in [0.5, 0.6) is 0 Å². The Labute approximate surface area is 140 Å². The Hall–Kier alpha value is -2.26. The molecule has 0 atom stereocenters. The molecule has 3 rings (SSSR count). The summed E-state index contributed by atoms with van der Waals surface area (Å²) in [7, 11) is 0. The number of thioether (sulfide) groups is 1. The third-order valence-electron chi connectivity index (χ3n) is 3.90. The number of anilines is 3. The van der Waals surface area contributed by atoms with Crippen molar-refractivity contribution in [1.29, 1.82) is 5.26 Å². The molecular formula is C17H19N5S. The van der Waals surface area contributed by atoms with Crippen molar-refractivity contribution in [2.45, 2.75) is 24.2 Å². The summed E-state index contributed by atoms with van der Waals surface area (Å²) >= 11 is 1.70. The molecule has 1 aliphatic rings. The quantitative estimate of drug-likeness (QED) is 0.863. The molecule has 6 heteroatoms. The largest absolute Gasteiger partial charge is 0.355 e. The van der Waals surface area contributed by atoms with Crippen molar-refractivity contribution in [2.75, 3.05) is 29.6 Å². The maximum absolute atomic E-state index is 9.27. The minimum Gasteiger partial charge on any atom is -0.355 e. The fourth-order valence-corrected chi connectivity index (χ4v) is 3.04. The number of piperidine rings is 1. The molecule has 1 aromatic carbocycles. The van der Waals surface area contributed by atoms with Crippen molar-refractivity contribution in [2.24, 2.45) is 0 Å². The average Bonchev–Trinajstić information content (AvgIpc) is 2.63. The van der Waals surface area contributed by atoms with Gasteiger partial charge in [-0.3, -0.25) is 0 Å². The van der Waals surface area contributed by atoms with Crippen LogP contribution in [0.1, 0.15) is 25.0 Å². The molecule has 1 aromatic heterocycles. The van der Waals surface area contributed by atoms with E-state index >= 15 is 0 Å². The zero-order valence-electron chi connectivity index (χ0n) is 13.1. The molecule has 1 fully saturated rings. The van der Waals surface area contributed by atoms with Gasteiger partial charge in [-0.2, -0.15) is 5.26 Å². The van der Waals surface area contributed by atoms with E-state index in [4.69, 9.17) is 0 Å². The molecule has 1 aliphatic heterocycles. The summed E-state index contributed by atoms with van der Waals surface area (Å²) in [6.45, 7) is 2.00. The van der Waals surface area contributed by atoms with E-state index in [1.165, 1.54) is 24.2 Å². The van der Waals surface area contributed by atoms with E-state index in [-0.39, 0.29) is 0 Å². The summed E-state index contributed by atoms with van der Waals surface area (Å²) in [6.07, 6.45) is 7.38. The van der Waals surface area contributed by atoms with Crippen molar-refractivity contribution in [3.63, 3.8) is 0 Å². The summed E-state index contributed by atoms with van der Waals surface area (Å²) in [5.41, 5.74) is 1.23. The average molecular weight is 325 g/mol. The molecule has 0 radical (unpaired) electrons. The standard InChI is InChI=1S/C17H19N5S/c1-23-14-7-5-13(6-8-14)20-17-15(11-18)19-12-16(21-17)22-9-3-2-4-10-22/h5-8,12H,2-4,9-10H2,1H3,(H,20,21). The Kier molecular flexibility index (Phi) is 4.99. The first-order chi connectivity index (χ1) is 11.3. The molecule has 0 saturated carbocycles. The molecular weight excluding hydrogens is 306 g/mol. The molecule has 0 bridgehead atoms. The van der Waals surface area contributed by atoms with E-state index in [1.54, 1.807) is 18.0 Å². The van der Waals surface area contributed by atoms with E-state index in [9.17, 15) is 5.26 Å². The normalized spacial score (nSPS) is 14.3. The van der Waals surface area contributed by atoms with E-state index in [0.717, 1.165) is 24.6 Å². The number of nitrogens with one attached hydrogen (secondary N) is 1. The lowest BCUT2D eigenvalue weighted by Crippen LogP contribution is -2.30. The van der Waals surface area contributed by atoms with Crippen LogP contribution in [0.2, 0.25) is 0 Å². The number of hydrogen-bond donors (Lipinski definition) is 1. The Morgan fingerprint density at radius 1 is 1.17 bits per heavy atom. The van der Waals surface area contributed by atoms with Gasteiger partial charge in [0.25, 0.3) is 0 Å². The van der Waals surface area contributed by atoms with E-state index in [2.05, 4.69) is 26.3 Å². The van der Waals surface area contributed by atoms with Gasteiger partial charge in [0.2, 0.25) is 0 Å². The van der Waals surface area contributed by atoms with Gasteiger partial charge in [-0.1, -0.05) is 0 Å². The molecule has 0 unspecified atom stereocenters. The van der Waals surface area contributed by atoms with Crippen LogP contribution in [-0.4, -0.2) is 29.3 Å². The number of rotatable bonds is 4. The molecule has 1 N–H and O–H groups in total. The fraction of sp³-hybridized carbons (Fsp3) is 0.353. The number of aromatic nitrogens is 2. The van der Waals surface area contributed by atoms with Crippen molar-refractivity contribution >= 4 is 29.1 Å². The zero-order valence-corrected chi connectivity index (χ0v) is 13.9. The molecule has 0 aliphatic carbocycles. The summed E-state index contributed by atoms with van der Waals surface area (Å²) in [5.74, 6) is 1.36. The van der Waals surface area contributed by atoms with Crippen molar-refractivity contribution in [3.05, 3.63) is 36.2 Å². The highest BCUT2D eigenvalue weighted by molar-refractivity contribution is 7.98. The molecule has 118 valence electrons. The number of benzene rings is 1. The van der Waals surface area contributed by atoms with Gasteiger partial charge < -0.3 is 10.2 Å².